The molecule has 1 saturated carbocycles. The normalized spacial score (nSPS) is 33.2. The molecule has 1 aromatic heterocycles. The number of nitrogens with zero attached hydrogens (tertiary/aromatic N) is 1. The van der Waals surface area contributed by atoms with E-state index in [0.29, 0.717) is 6.04 Å². The van der Waals surface area contributed by atoms with Gasteiger partial charge < -0.3 is 10.1 Å². The Kier molecular flexibility index (Phi) is 2.76. The minimum atomic E-state index is -0.0230. The van der Waals surface area contributed by atoms with Crippen LogP contribution in [0.1, 0.15) is 41.8 Å². The molecule has 1 saturated heterocycles. The lowest BCUT2D eigenvalue weighted by atomic mass is 9.92. The maximum atomic E-state index is 5.81. The van der Waals surface area contributed by atoms with E-state index in [1.165, 1.54) is 28.4 Å². The third-order valence-electron chi connectivity index (χ3n) is 4.01. The highest BCUT2D eigenvalue weighted by Gasteiger charge is 2.48. The van der Waals surface area contributed by atoms with E-state index in [1.54, 1.807) is 0 Å². The Labute approximate surface area is 107 Å². The number of nitrogens with one attached hydrogen (secondary N) is 1. The summed E-state index contributed by atoms with van der Waals surface area (Å²) >= 11 is 1.83. The van der Waals surface area contributed by atoms with Crippen molar-refractivity contribution >= 4 is 11.3 Å². The molecule has 2 fully saturated rings. The summed E-state index contributed by atoms with van der Waals surface area (Å²) in [4.78, 5) is 6.10. The summed E-state index contributed by atoms with van der Waals surface area (Å²) in [6, 6.07) is 0.684. The van der Waals surface area contributed by atoms with E-state index in [4.69, 9.17) is 9.72 Å². The highest BCUT2D eigenvalue weighted by atomic mass is 32.1. The second kappa shape index (κ2) is 4.04. The molecule has 17 heavy (non-hydrogen) atoms. The van der Waals surface area contributed by atoms with Crippen molar-refractivity contribution in [2.24, 2.45) is 0 Å². The molecule has 94 valence electrons. The molecule has 3 nitrogen and oxygen atoms in total. The Morgan fingerprint density at radius 1 is 1.41 bits per heavy atom. The fraction of sp³-hybridized carbons (Fsp3) is 0.769. The first-order valence-corrected chi connectivity index (χ1v) is 7.27. The van der Waals surface area contributed by atoms with Gasteiger partial charge in [0, 0.05) is 17.5 Å². The van der Waals surface area contributed by atoms with E-state index in [2.05, 4.69) is 26.1 Å². The Hall–Kier alpha value is -0.450. The van der Waals surface area contributed by atoms with Gasteiger partial charge >= 0.3 is 0 Å². The summed E-state index contributed by atoms with van der Waals surface area (Å²) in [5.41, 5.74) is 1.14. The first-order chi connectivity index (χ1) is 8.12. The van der Waals surface area contributed by atoms with Crippen molar-refractivity contribution in [1.29, 1.82) is 0 Å². The van der Waals surface area contributed by atoms with Crippen LogP contribution < -0.4 is 5.32 Å². The zero-order valence-electron chi connectivity index (χ0n) is 10.7. The quantitative estimate of drug-likeness (QED) is 0.897. The van der Waals surface area contributed by atoms with Crippen LogP contribution in [0, 0.1) is 13.8 Å². The molecule has 2 atom stereocenters. The maximum Gasteiger partial charge on any atom is 0.116 e. The third-order valence-corrected chi connectivity index (χ3v) is 5.26. The first kappa shape index (κ1) is 11.6. The van der Waals surface area contributed by atoms with Gasteiger partial charge in [-0.3, -0.25) is 0 Å². The van der Waals surface area contributed by atoms with Crippen molar-refractivity contribution in [3.63, 3.8) is 0 Å². The minimum absolute atomic E-state index is 0.0230. The van der Waals surface area contributed by atoms with Gasteiger partial charge in [0.15, 0.2) is 0 Å². The minimum Gasteiger partial charge on any atom is -0.376 e. The van der Waals surface area contributed by atoms with Crippen molar-refractivity contribution in [1.82, 2.24) is 10.3 Å². The van der Waals surface area contributed by atoms with E-state index in [0.717, 1.165) is 13.0 Å². The highest BCUT2D eigenvalue weighted by molar-refractivity contribution is 7.11. The molecule has 2 unspecified atom stereocenters. The summed E-state index contributed by atoms with van der Waals surface area (Å²) in [5, 5.41) is 5.02. The maximum absolute atomic E-state index is 5.81. The van der Waals surface area contributed by atoms with Crippen LogP contribution in [0.2, 0.25) is 0 Å². The fourth-order valence-corrected chi connectivity index (χ4v) is 3.70. The Bertz CT molecular complexity index is 408. The molecule has 0 radical (unpaired) electrons. The Balaban J connectivity index is 1.97. The first-order valence-electron chi connectivity index (χ1n) is 6.45. The van der Waals surface area contributed by atoms with Crippen molar-refractivity contribution in [2.45, 2.75) is 57.7 Å². The van der Waals surface area contributed by atoms with E-state index in [1.807, 2.05) is 11.3 Å². The van der Waals surface area contributed by atoms with E-state index >= 15 is 0 Å². The van der Waals surface area contributed by atoms with Crippen molar-refractivity contribution in [3.05, 3.63) is 15.6 Å². The molecule has 0 bridgehead atoms. The molecule has 0 amide bonds. The van der Waals surface area contributed by atoms with Gasteiger partial charge in [-0.25, -0.2) is 4.98 Å². The molecular formula is C13H20N2OS. The van der Waals surface area contributed by atoms with Gasteiger partial charge in [-0.05, 0) is 40.0 Å². The van der Waals surface area contributed by atoms with Gasteiger partial charge in [0.05, 0.1) is 17.3 Å². The van der Waals surface area contributed by atoms with Crippen LogP contribution >= 0.6 is 11.3 Å². The largest absolute Gasteiger partial charge is 0.376 e. The molecule has 1 aromatic rings. The predicted octanol–water partition coefficient (Wildman–Crippen LogP) is 2.52. The number of thiazole rings is 1. The van der Waals surface area contributed by atoms with Gasteiger partial charge in [-0.2, -0.15) is 0 Å². The highest BCUT2D eigenvalue weighted by Crippen LogP contribution is 2.41. The zero-order chi connectivity index (χ0) is 12.0. The average molecular weight is 252 g/mol. The van der Waals surface area contributed by atoms with Crippen LogP contribution in [0.25, 0.3) is 0 Å². The van der Waals surface area contributed by atoms with Crippen LogP contribution in [-0.2, 0) is 10.3 Å². The molecule has 2 heterocycles. The summed E-state index contributed by atoms with van der Waals surface area (Å²) in [5.74, 6) is 0. The number of ether oxygens (including phenoxy) is 1. The lowest BCUT2D eigenvalue weighted by molar-refractivity contribution is 0.0810. The van der Waals surface area contributed by atoms with E-state index in [9.17, 15) is 0 Å². The Morgan fingerprint density at radius 3 is 2.65 bits per heavy atom. The lowest BCUT2D eigenvalue weighted by Gasteiger charge is -2.31. The van der Waals surface area contributed by atoms with E-state index < -0.39 is 0 Å². The van der Waals surface area contributed by atoms with Crippen molar-refractivity contribution in [2.75, 3.05) is 6.61 Å². The molecule has 1 aliphatic carbocycles. The van der Waals surface area contributed by atoms with Crippen LogP contribution in [0.5, 0.6) is 0 Å². The molecule has 0 spiro atoms. The standard InChI is InChI=1S/C13H20N2OS/c1-8-9(2)17-12(14-8)13(15-11-4-5-11)6-7-16-10(13)3/h10-11,15H,4-7H2,1-3H3. The number of hydrogen-bond donors (Lipinski definition) is 1. The molecular weight excluding hydrogens is 232 g/mol. The van der Waals surface area contributed by atoms with E-state index in [-0.39, 0.29) is 11.6 Å². The van der Waals surface area contributed by atoms with Gasteiger partial charge in [-0.1, -0.05) is 0 Å². The molecule has 4 heteroatoms. The summed E-state index contributed by atoms with van der Waals surface area (Å²) in [7, 11) is 0. The lowest BCUT2D eigenvalue weighted by Crippen LogP contribution is -2.48. The monoisotopic (exact) mass is 252 g/mol. The topological polar surface area (TPSA) is 34.2 Å². The SMILES string of the molecule is Cc1nc(C2(NC3CC3)CCOC2C)sc1C. The van der Waals surface area contributed by atoms with Crippen LogP contribution in [0.3, 0.4) is 0 Å². The summed E-state index contributed by atoms with van der Waals surface area (Å²) in [6.45, 7) is 7.27. The van der Waals surface area contributed by atoms with Crippen LogP contribution in [0.15, 0.2) is 0 Å². The van der Waals surface area contributed by atoms with Crippen molar-refractivity contribution < 1.29 is 4.74 Å². The zero-order valence-corrected chi connectivity index (χ0v) is 11.6. The number of rotatable bonds is 3. The number of hydrogen-bond acceptors (Lipinski definition) is 4. The molecule has 0 aromatic carbocycles. The molecule has 1 N–H and O–H groups in total. The third kappa shape index (κ3) is 1.92. The molecule has 1 aliphatic heterocycles. The van der Waals surface area contributed by atoms with Gasteiger partial charge in [0.2, 0.25) is 0 Å². The smallest absolute Gasteiger partial charge is 0.116 e. The number of aromatic nitrogens is 1. The second-order valence-corrected chi connectivity index (χ2v) is 6.52. The van der Waals surface area contributed by atoms with Gasteiger partial charge in [0.25, 0.3) is 0 Å². The van der Waals surface area contributed by atoms with Gasteiger partial charge in [0.1, 0.15) is 5.01 Å². The number of aryl methyl sites for hydroxylation is 2. The van der Waals surface area contributed by atoms with Crippen LogP contribution in [0.4, 0.5) is 0 Å². The predicted molar refractivity (Wildman–Crippen MR) is 69.5 cm³/mol. The fourth-order valence-electron chi connectivity index (χ4n) is 2.53. The average Bonchev–Trinajstić information content (AvgIpc) is 2.93. The van der Waals surface area contributed by atoms with Crippen LogP contribution in [-0.4, -0.2) is 23.7 Å². The van der Waals surface area contributed by atoms with Gasteiger partial charge in [-0.15, -0.1) is 11.3 Å². The molecule has 3 rings (SSSR count). The summed E-state index contributed by atoms with van der Waals surface area (Å²) in [6.07, 6.45) is 3.89. The summed E-state index contributed by atoms with van der Waals surface area (Å²) < 4.78 is 5.81. The van der Waals surface area contributed by atoms with Crippen molar-refractivity contribution in [3.8, 4) is 0 Å². The second-order valence-electron chi connectivity index (χ2n) is 5.31. The molecule has 2 aliphatic rings. The Morgan fingerprint density at radius 2 is 2.18 bits per heavy atom.